The Morgan fingerprint density at radius 3 is 2.77 bits per heavy atom. The van der Waals surface area contributed by atoms with Crippen LogP contribution in [0.4, 0.5) is 11.6 Å². The zero-order valence-corrected chi connectivity index (χ0v) is 14.6. The molecule has 4 heterocycles. The van der Waals surface area contributed by atoms with Gasteiger partial charge in [0, 0.05) is 26.2 Å². The van der Waals surface area contributed by atoms with Crippen molar-refractivity contribution in [2.24, 2.45) is 7.05 Å². The fourth-order valence-corrected chi connectivity index (χ4v) is 3.20. The number of aryl methyl sites for hydroxylation is 1. The molecule has 0 aliphatic carbocycles. The lowest BCUT2D eigenvalue weighted by Gasteiger charge is -2.26. The maximum Gasteiger partial charge on any atom is 0.257 e. The van der Waals surface area contributed by atoms with Crippen LogP contribution in [0.15, 0.2) is 41.6 Å². The second-order valence-electron chi connectivity index (χ2n) is 6.47. The quantitative estimate of drug-likeness (QED) is 0.777. The fourth-order valence-electron chi connectivity index (χ4n) is 3.20. The molecule has 1 fully saturated rings. The standard InChI is InChI=1S/C18H20N6O2/c1-22-12-19-15(10-17(22)25)21-16-7-5-6-14-13(11-20-24(14)16)18(26)23-8-3-2-4-9-23/h5-7,10-12,21H,2-4,8-9H2,1H3. The first-order valence-electron chi connectivity index (χ1n) is 8.69. The SMILES string of the molecule is Cn1cnc(Nc2cccc3c(C(=O)N4CCCCC4)cnn23)cc1=O. The molecule has 3 aromatic heterocycles. The summed E-state index contributed by atoms with van der Waals surface area (Å²) in [5.74, 6) is 1.09. The first-order valence-corrected chi connectivity index (χ1v) is 8.69. The maximum absolute atomic E-state index is 12.8. The lowest BCUT2D eigenvalue weighted by Crippen LogP contribution is -2.35. The first kappa shape index (κ1) is 16.3. The van der Waals surface area contributed by atoms with Crippen molar-refractivity contribution in [1.29, 1.82) is 0 Å². The van der Waals surface area contributed by atoms with E-state index in [1.807, 2.05) is 23.1 Å². The molecule has 0 unspecified atom stereocenters. The maximum atomic E-state index is 12.8. The number of anilines is 2. The summed E-state index contributed by atoms with van der Waals surface area (Å²) in [6.45, 7) is 1.59. The van der Waals surface area contributed by atoms with Crippen LogP contribution in [0.25, 0.3) is 5.52 Å². The van der Waals surface area contributed by atoms with Gasteiger partial charge < -0.3 is 14.8 Å². The Morgan fingerprint density at radius 2 is 2.00 bits per heavy atom. The van der Waals surface area contributed by atoms with Crippen molar-refractivity contribution >= 4 is 23.1 Å². The molecular weight excluding hydrogens is 332 g/mol. The number of aromatic nitrogens is 4. The highest BCUT2D eigenvalue weighted by molar-refractivity contribution is 6.01. The number of carbonyl (C=O) groups excluding carboxylic acids is 1. The summed E-state index contributed by atoms with van der Waals surface area (Å²) in [6, 6.07) is 6.97. The molecule has 0 radical (unpaired) electrons. The van der Waals surface area contributed by atoms with Crippen molar-refractivity contribution in [1.82, 2.24) is 24.1 Å². The topological polar surface area (TPSA) is 84.5 Å². The zero-order chi connectivity index (χ0) is 18.1. The number of hydrogen-bond acceptors (Lipinski definition) is 5. The van der Waals surface area contributed by atoms with Crippen LogP contribution in [0.5, 0.6) is 0 Å². The number of piperidine rings is 1. The molecule has 0 bridgehead atoms. The summed E-state index contributed by atoms with van der Waals surface area (Å²) in [6.07, 6.45) is 6.34. The number of carbonyl (C=O) groups is 1. The average molecular weight is 352 g/mol. The minimum Gasteiger partial charge on any atom is -0.339 e. The second kappa shape index (κ2) is 6.62. The van der Waals surface area contributed by atoms with Crippen LogP contribution in [-0.2, 0) is 7.05 Å². The third-order valence-electron chi connectivity index (χ3n) is 4.65. The van der Waals surface area contributed by atoms with E-state index >= 15 is 0 Å². The smallest absolute Gasteiger partial charge is 0.257 e. The minimum absolute atomic E-state index is 0.0172. The molecule has 4 rings (SSSR count). The van der Waals surface area contributed by atoms with E-state index in [0.29, 0.717) is 17.2 Å². The number of nitrogens with one attached hydrogen (secondary N) is 1. The van der Waals surface area contributed by atoms with Gasteiger partial charge in [-0.2, -0.15) is 5.10 Å². The van der Waals surface area contributed by atoms with Gasteiger partial charge in [-0.3, -0.25) is 9.59 Å². The van der Waals surface area contributed by atoms with Gasteiger partial charge in [-0.05, 0) is 31.4 Å². The Kier molecular flexibility index (Phi) is 4.16. The molecule has 1 aliphatic rings. The molecule has 8 nitrogen and oxygen atoms in total. The van der Waals surface area contributed by atoms with Crippen LogP contribution >= 0.6 is 0 Å². The van der Waals surface area contributed by atoms with Crippen LogP contribution in [0.3, 0.4) is 0 Å². The van der Waals surface area contributed by atoms with Gasteiger partial charge in [-0.15, -0.1) is 0 Å². The minimum atomic E-state index is -0.156. The molecule has 8 heteroatoms. The van der Waals surface area contributed by atoms with E-state index in [4.69, 9.17) is 0 Å². The van der Waals surface area contributed by atoms with E-state index in [-0.39, 0.29) is 11.5 Å². The average Bonchev–Trinajstić information content (AvgIpc) is 3.10. The Balaban J connectivity index is 1.67. The number of amides is 1. The number of hydrogen-bond donors (Lipinski definition) is 1. The van der Waals surface area contributed by atoms with E-state index < -0.39 is 0 Å². The molecule has 1 saturated heterocycles. The van der Waals surface area contributed by atoms with Crippen LogP contribution in [-0.4, -0.2) is 43.1 Å². The van der Waals surface area contributed by atoms with Crippen LogP contribution in [0.1, 0.15) is 29.6 Å². The second-order valence-corrected chi connectivity index (χ2v) is 6.47. The van der Waals surface area contributed by atoms with E-state index in [2.05, 4.69) is 15.4 Å². The van der Waals surface area contributed by atoms with Crippen molar-refractivity contribution < 1.29 is 4.79 Å². The normalized spacial score (nSPS) is 14.6. The summed E-state index contributed by atoms with van der Waals surface area (Å²) in [7, 11) is 1.64. The third kappa shape index (κ3) is 2.94. The summed E-state index contributed by atoms with van der Waals surface area (Å²) in [4.78, 5) is 30.7. The molecule has 1 amide bonds. The molecule has 26 heavy (non-hydrogen) atoms. The van der Waals surface area contributed by atoms with E-state index in [9.17, 15) is 9.59 Å². The van der Waals surface area contributed by atoms with Crippen molar-refractivity contribution in [3.05, 3.63) is 52.7 Å². The Labute approximate surface area is 150 Å². The molecule has 0 aromatic carbocycles. The summed E-state index contributed by atoms with van der Waals surface area (Å²) >= 11 is 0. The summed E-state index contributed by atoms with van der Waals surface area (Å²) in [5.41, 5.74) is 1.16. The molecule has 3 aromatic rings. The number of fused-ring (bicyclic) bond motifs is 1. The molecule has 0 saturated carbocycles. The molecule has 134 valence electrons. The monoisotopic (exact) mass is 352 g/mol. The number of nitrogens with zero attached hydrogens (tertiary/aromatic N) is 5. The number of pyridine rings is 1. The Hall–Kier alpha value is -3.16. The summed E-state index contributed by atoms with van der Waals surface area (Å²) < 4.78 is 3.06. The van der Waals surface area contributed by atoms with Gasteiger partial charge in [0.25, 0.3) is 11.5 Å². The fraction of sp³-hybridized carbons (Fsp3) is 0.333. The van der Waals surface area contributed by atoms with Gasteiger partial charge in [0.15, 0.2) is 0 Å². The predicted octanol–water partition coefficient (Wildman–Crippen LogP) is 1.80. The van der Waals surface area contributed by atoms with Crippen LogP contribution in [0.2, 0.25) is 0 Å². The lowest BCUT2D eigenvalue weighted by atomic mass is 10.1. The molecule has 1 N–H and O–H groups in total. The van der Waals surface area contributed by atoms with Crippen LogP contribution in [0, 0.1) is 0 Å². The largest absolute Gasteiger partial charge is 0.339 e. The van der Waals surface area contributed by atoms with Gasteiger partial charge in [0.1, 0.15) is 11.6 Å². The Bertz CT molecular complexity index is 1020. The highest BCUT2D eigenvalue weighted by Gasteiger charge is 2.22. The van der Waals surface area contributed by atoms with E-state index in [1.54, 1.807) is 17.8 Å². The van der Waals surface area contributed by atoms with Crippen molar-refractivity contribution in [2.75, 3.05) is 18.4 Å². The van der Waals surface area contributed by atoms with Crippen LogP contribution < -0.4 is 10.9 Å². The predicted molar refractivity (Wildman–Crippen MR) is 97.7 cm³/mol. The van der Waals surface area contributed by atoms with Gasteiger partial charge in [0.2, 0.25) is 0 Å². The van der Waals surface area contributed by atoms with Gasteiger partial charge in [0.05, 0.1) is 23.6 Å². The molecular formula is C18H20N6O2. The van der Waals surface area contributed by atoms with Gasteiger partial charge in [-0.25, -0.2) is 9.50 Å². The molecule has 0 atom stereocenters. The van der Waals surface area contributed by atoms with E-state index in [1.165, 1.54) is 23.4 Å². The van der Waals surface area contributed by atoms with Gasteiger partial charge in [-0.1, -0.05) is 6.07 Å². The van der Waals surface area contributed by atoms with Crippen molar-refractivity contribution in [3.63, 3.8) is 0 Å². The first-order chi connectivity index (χ1) is 12.6. The highest BCUT2D eigenvalue weighted by atomic mass is 16.2. The highest BCUT2D eigenvalue weighted by Crippen LogP contribution is 2.21. The lowest BCUT2D eigenvalue weighted by molar-refractivity contribution is 0.0726. The summed E-state index contributed by atoms with van der Waals surface area (Å²) in [5, 5.41) is 7.46. The number of rotatable bonds is 3. The molecule has 1 aliphatic heterocycles. The Morgan fingerprint density at radius 1 is 1.19 bits per heavy atom. The van der Waals surface area contributed by atoms with Gasteiger partial charge >= 0.3 is 0 Å². The number of likely N-dealkylation sites (tertiary alicyclic amines) is 1. The molecule has 0 spiro atoms. The van der Waals surface area contributed by atoms with Crippen molar-refractivity contribution in [3.8, 4) is 0 Å². The van der Waals surface area contributed by atoms with Crippen molar-refractivity contribution in [2.45, 2.75) is 19.3 Å². The third-order valence-corrected chi connectivity index (χ3v) is 4.65. The zero-order valence-electron chi connectivity index (χ0n) is 14.6. The van der Waals surface area contributed by atoms with E-state index in [0.717, 1.165) is 31.4 Å².